The Kier molecular flexibility index (Phi) is 8.61. The highest BCUT2D eigenvalue weighted by molar-refractivity contribution is 4.68. The van der Waals surface area contributed by atoms with Crippen LogP contribution in [-0.4, -0.2) is 63.5 Å². The summed E-state index contributed by atoms with van der Waals surface area (Å²) in [5.74, 6) is 0. The summed E-state index contributed by atoms with van der Waals surface area (Å²) >= 11 is 0. The van der Waals surface area contributed by atoms with Gasteiger partial charge < -0.3 is 14.8 Å². The largest absolute Gasteiger partial charge is 0.380 e. The van der Waals surface area contributed by atoms with Crippen molar-refractivity contribution < 1.29 is 9.47 Å². The third-order valence-corrected chi connectivity index (χ3v) is 3.25. The molecular formula is C13H28N2O2. The molecule has 0 atom stereocenters. The summed E-state index contributed by atoms with van der Waals surface area (Å²) in [6.07, 6.45) is 2.79. The number of hydrogen-bond donors (Lipinski definition) is 1. The Morgan fingerprint density at radius 1 is 1.12 bits per heavy atom. The van der Waals surface area contributed by atoms with Crippen LogP contribution in [0.2, 0.25) is 0 Å². The Morgan fingerprint density at radius 3 is 2.47 bits per heavy atom. The van der Waals surface area contributed by atoms with Crippen molar-refractivity contribution in [3.8, 4) is 0 Å². The Morgan fingerprint density at radius 2 is 1.82 bits per heavy atom. The van der Waals surface area contributed by atoms with Gasteiger partial charge >= 0.3 is 0 Å². The van der Waals surface area contributed by atoms with E-state index in [-0.39, 0.29) is 0 Å². The van der Waals surface area contributed by atoms with Crippen molar-refractivity contribution in [2.45, 2.75) is 32.8 Å². The fraction of sp³-hybridized carbons (Fsp3) is 1.00. The number of likely N-dealkylation sites (N-methyl/N-ethyl adjacent to an activating group) is 1. The molecule has 0 aromatic rings. The molecule has 0 spiro atoms. The molecule has 0 aliphatic carbocycles. The summed E-state index contributed by atoms with van der Waals surface area (Å²) in [4.78, 5) is 2.39. The second kappa shape index (κ2) is 9.83. The zero-order chi connectivity index (χ0) is 12.3. The molecule has 4 nitrogen and oxygen atoms in total. The SMILES string of the molecule is CCOCCN(CC)CCOC1CCNCC1. The molecule has 4 heteroatoms. The van der Waals surface area contributed by atoms with E-state index in [1.54, 1.807) is 0 Å². The van der Waals surface area contributed by atoms with Crippen LogP contribution in [-0.2, 0) is 9.47 Å². The average molecular weight is 244 g/mol. The Labute approximate surface area is 106 Å². The van der Waals surface area contributed by atoms with Crippen molar-refractivity contribution in [2.24, 2.45) is 0 Å². The molecule has 0 unspecified atom stereocenters. The maximum atomic E-state index is 5.90. The summed E-state index contributed by atoms with van der Waals surface area (Å²) < 4.78 is 11.3. The van der Waals surface area contributed by atoms with Gasteiger partial charge in [0, 0.05) is 19.7 Å². The molecule has 17 heavy (non-hydrogen) atoms. The topological polar surface area (TPSA) is 33.7 Å². The van der Waals surface area contributed by atoms with E-state index in [0.717, 1.165) is 65.4 Å². The molecule has 1 N–H and O–H groups in total. The molecule has 1 fully saturated rings. The molecule has 1 rings (SSSR count). The van der Waals surface area contributed by atoms with E-state index in [2.05, 4.69) is 17.1 Å². The molecule has 1 aliphatic rings. The van der Waals surface area contributed by atoms with Gasteiger partial charge in [-0.05, 0) is 39.4 Å². The van der Waals surface area contributed by atoms with Crippen molar-refractivity contribution in [1.82, 2.24) is 10.2 Å². The van der Waals surface area contributed by atoms with Gasteiger partial charge in [0.05, 0.1) is 19.3 Å². The summed E-state index contributed by atoms with van der Waals surface area (Å²) in [6.45, 7) is 12.0. The van der Waals surface area contributed by atoms with E-state index < -0.39 is 0 Å². The number of rotatable bonds is 9. The maximum absolute atomic E-state index is 5.90. The molecule has 1 aliphatic heterocycles. The predicted octanol–water partition coefficient (Wildman–Crippen LogP) is 1.11. The van der Waals surface area contributed by atoms with E-state index in [1.165, 1.54) is 0 Å². The van der Waals surface area contributed by atoms with Gasteiger partial charge in [-0.15, -0.1) is 0 Å². The number of ether oxygens (including phenoxy) is 2. The minimum absolute atomic E-state index is 0.474. The zero-order valence-electron chi connectivity index (χ0n) is 11.4. The smallest absolute Gasteiger partial charge is 0.0600 e. The fourth-order valence-corrected chi connectivity index (χ4v) is 2.08. The van der Waals surface area contributed by atoms with Crippen molar-refractivity contribution in [2.75, 3.05) is 52.5 Å². The van der Waals surface area contributed by atoms with Crippen LogP contribution in [0.25, 0.3) is 0 Å². The van der Waals surface area contributed by atoms with Crippen LogP contribution in [0.1, 0.15) is 26.7 Å². The molecule has 0 aromatic carbocycles. The summed E-state index contributed by atoms with van der Waals surface area (Å²) in [7, 11) is 0. The van der Waals surface area contributed by atoms with Crippen molar-refractivity contribution in [1.29, 1.82) is 0 Å². The standard InChI is InChI=1S/C13H28N2O2/c1-3-15(9-11-16-4-2)10-12-17-13-5-7-14-8-6-13/h13-14H,3-12H2,1-2H3. The minimum Gasteiger partial charge on any atom is -0.380 e. The third-order valence-electron chi connectivity index (χ3n) is 3.25. The molecule has 1 saturated heterocycles. The number of piperidine rings is 1. The fourth-order valence-electron chi connectivity index (χ4n) is 2.08. The molecule has 0 amide bonds. The maximum Gasteiger partial charge on any atom is 0.0600 e. The van der Waals surface area contributed by atoms with Gasteiger partial charge in [-0.25, -0.2) is 0 Å². The minimum atomic E-state index is 0.474. The lowest BCUT2D eigenvalue weighted by Crippen LogP contribution is -2.35. The zero-order valence-corrected chi connectivity index (χ0v) is 11.4. The first-order valence-corrected chi connectivity index (χ1v) is 6.99. The van der Waals surface area contributed by atoms with Gasteiger partial charge in [0.1, 0.15) is 0 Å². The van der Waals surface area contributed by atoms with Crippen LogP contribution >= 0.6 is 0 Å². The lowest BCUT2D eigenvalue weighted by Gasteiger charge is -2.25. The summed E-state index contributed by atoms with van der Waals surface area (Å²) in [6, 6.07) is 0. The highest BCUT2D eigenvalue weighted by Crippen LogP contribution is 2.06. The average Bonchev–Trinajstić information content (AvgIpc) is 2.38. The van der Waals surface area contributed by atoms with Crippen molar-refractivity contribution in [3.05, 3.63) is 0 Å². The van der Waals surface area contributed by atoms with Crippen LogP contribution in [0, 0.1) is 0 Å². The molecular weight excluding hydrogens is 216 g/mol. The van der Waals surface area contributed by atoms with Gasteiger partial charge in [-0.3, -0.25) is 4.90 Å². The predicted molar refractivity (Wildman–Crippen MR) is 70.5 cm³/mol. The van der Waals surface area contributed by atoms with E-state index in [0.29, 0.717) is 6.10 Å². The molecule has 102 valence electrons. The normalized spacial score (nSPS) is 17.8. The number of nitrogens with one attached hydrogen (secondary N) is 1. The van der Waals surface area contributed by atoms with Crippen LogP contribution in [0.15, 0.2) is 0 Å². The Balaban J connectivity index is 2.01. The highest BCUT2D eigenvalue weighted by atomic mass is 16.5. The van der Waals surface area contributed by atoms with E-state index in [4.69, 9.17) is 9.47 Å². The van der Waals surface area contributed by atoms with Gasteiger partial charge in [0.25, 0.3) is 0 Å². The highest BCUT2D eigenvalue weighted by Gasteiger charge is 2.13. The Hall–Kier alpha value is -0.160. The summed E-state index contributed by atoms with van der Waals surface area (Å²) in [5, 5.41) is 3.35. The summed E-state index contributed by atoms with van der Waals surface area (Å²) in [5.41, 5.74) is 0. The lowest BCUT2D eigenvalue weighted by molar-refractivity contribution is 0.0166. The van der Waals surface area contributed by atoms with Gasteiger partial charge in [0.15, 0.2) is 0 Å². The number of hydrogen-bond acceptors (Lipinski definition) is 4. The monoisotopic (exact) mass is 244 g/mol. The van der Waals surface area contributed by atoms with Crippen LogP contribution in [0.5, 0.6) is 0 Å². The van der Waals surface area contributed by atoms with Gasteiger partial charge in [0.2, 0.25) is 0 Å². The van der Waals surface area contributed by atoms with Crippen LogP contribution < -0.4 is 5.32 Å². The van der Waals surface area contributed by atoms with Crippen molar-refractivity contribution >= 4 is 0 Å². The first-order chi connectivity index (χ1) is 8.36. The first kappa shape index (κ1) is 14.9. The van der Waals surface area contributed by atoms with Crippen LogP contribution in [0.3, 0.4) is 0 Å². The molecule has 0 aromatic heterocycles. The quantitative estimate of drug-likeness (QED) is 0.616. The van der Waals surface area contributed by atoms with E-state index >= 15 is 0 Å². The second-order valence-electron chi connectivity index (χ2n) is 4.45. The third kappa shape index (κ3) is 6.99. The van der Waals surface area contributed by atoms with Crippen molar-refractivity contribution in [3.63, 3.8) is 0 Å². The van der Waals surface area contributed by atoms with E-state index in [9.17, 15) is 0 Å². The van der Waals surface area contributed by atoms with E-state index in [1.807, 2.05) is 6.92 Å². The molecule has 0 bridgehead atoms. The lowest BCUT2D eigenvalue weighted by atomic mass is 10.1. The second-order valence-corrected chi connectivity index (χ2v) is 4.45. The first-order valence-electron chi connectivity index (χ1n) is 6.99. The molecule has 0 saturated carbocycles. The number of nitrogens with zero attached hydrogens (tertiary/aromatic N) is 1. The molecule has 0 radical (unpaired) electrons. The Bertz CT molecular complexity index is 173. The van der Waals surface area contributed by atoms with Gasteiger partial charge in [-0.1, -0.05) is 6.92 Å². The molecule has 1 heterocycles. The van der Waals surface area contributed by atoms with Gasteiger partial charge in [-0.2, -0.15) is 0 Å². The van der Waals surface area contributed by atoms with Crippen LogP contribution in [0.4, 0.5) is 0 Å².